The molecule has 0 radical (unpaired) electrons. The molecule has 0 aliphatic heterocycles. The van der Waals surface area contributed by atoms with Gasteiger partial charge in [0.05, 0.1) is 18.3 Å². The Morgan fingerprint density at radius 1 is 1.44 bits per heavy atom. The van der Waals surface area contributed by atoms with Gasteiger partial charge in [0.15, 0.2) is 0 Å². The van der Waals surface area contributed by atoms with Crippen molar-refractivity contribution >= 4 is 0 Å². The third-order valence-corrected chi connectivity index (χ3v) is 2.53. The maximum Gasteiger partial charge on any atom is 0.137 e. The van der Waals surface area contributed by atoms with Crippen molar-refractivity contribution in [1.82, 2.24) is 4.90 Å². The molecule has 4 heteroatoms. The fourth-order valence-corrected chi connectivity index (χ4v) is 1.74. The summed E-state index contributed by atoms with van der Waals surface area (Å²) in [7, 11) is 1.97. The Hall–Kier alpha value is -1.57. The Bertz CT molecular complexity index is 399. The van der Waals surface area contributed by atoms with Crippen LogP contribution in [-0.4, -0.2) is 42.9 Å². The maximum absolute atomic E-state index is 9.22. The number of para-hydroxylation sites is 1. The fraction of sp³-hybridized carbons (Fsp3) is 0.500. The van der Waals surface area contributed by atoms with E-state index in [1.807, 2.05) is 19.2 Å². The monoisotopic (exact) mass is 248 g/mol. The third kappa shape index (κ3) is 5.17. The smallest absolute Gasteiger partial charge is 0.137 e. The topological polar surface area (TPSA) is 56.5 Å². The van der Waals surface area contributed by atoms with Crippen LogP contribution < -0.4 is 4.74 Å². The average molecular weight is 248 g/mol. The molecule has 98 valence electrons. The van der Waals surface area contributed by atoms with Crippen molar-refractivity contribution < 1.29 is 9.84 Å². The molecule has 1 atom stereocenters. The van der Waals surface area contributed by atoms with E-state index in [0.29, 0.717) is 24.5 Å². The van der Waals surface area contributed by atoms with Crippen molar-refractivity contribution in [3.8, 4) is 11.8 Å². The highest BCUT2D eigenvalue weighted by molar-refractivity contribution is 5.42. The molecule has 18 heavy (non-hydrogen) atoms. The van der Waals surface area contributed by atoms with Crippen molar-refractivity contribution in [2.45, 2.75) is 19.4 Å². The Morgan fingerprint density at radius 2 is 2.17 bits per heavy atom. The zero-order valence-corrected chi connectivity index (χ0v) is 11.0. The van der Waals surface area contributed by atoms with Crippen LogP contribution in [-0.2, 0) is 0 Å². The van der Waals surface area contributed by atoms with Crippen molar-refractivity contribution in [2.24, 2.45) is 0 Å². The first-order valence-electron chi connectivity index (χ1n) is 6.12. The molecule has 0 aromatic heterocycles. The lowest BCUT2D eigenvalue weighted by molar-refractivity contribution is 0.137. The van der Waals surface area contributed by atoms with Gasteiger partial charge in [-0.25, -0.2) is 0 Å². The van der Waals surface area contributed by atoms with Gasteiger partial charge in [0.25, 0.3) is 0 Å². The Morgan fingerprint density at radius 3 is 2.83 bits per heavy atom. The molecule has 0 fully saturated rings. The van der Waals surface area contributed by atoms with Gasteiger partial charge < -0.3 is 14.7 Å². The summed E-state index contributed by atoms with van der Waals surface area (Å²) in [5.74, 6) is 0.637. The lowest BCUT2D eigenvalue weighted by atomic mass is 10.2. The molecule has 4 nitrogen and oxygen atoms in total. The third-order valence-electron chi connectivity index (χ3n) is 2.53. The molecule has 0 saturated carbocycles. The zero-order chi connectivity index (χ0) is 13.4. The summed E-state index contributed by atoms with van der Waals surface area (Å²) in [6.45, 7) is 3.87. The van der Waals surface area contributed by atoms with Crippen molar-refractivity contribution in [3.63, 3.8) is 0 Å². The number of aliphatic hydroxyl groups excluding tert-OH is 1. The SMILES string of the molecule is CC(O)CN(C)CCCOc1ccccc1C#N. The van der Waals surface area contributed by atoms with E-state index in [2.05, 4.69) is 11.0 Å². The first-order valence-corrected chi connectivity index (χ1v) is 6.12. The van der Waals surface area contributed by atoms with E-state index in [4.69, 9.17) is 10.00 Å². The zero-order valence-electron chi connectivity index (χ0n) is 11.0. The number of hydrogen-bond donors (Lipinski definition) is 1. The van der Waals surface area contributed by atoms with E-state index < -0.39 is 0 Å². The van der Waals surface area contributed by atoms with E-state index >= 15 is 0 Å². The van der Waals surface area contributed by atoms with Crippen LogP contribution >= 0.6 is 0 Å². The molecule has 0 bridgehead atoms. The van der Waals surface area contributed by atoms with Crippen LogP contribution in [0.2, 0.25) is 0 Å². The lowest BCUT2D eigenvalue weighted by Crippen LogP contribution is -2.28. The quantitative estimate of drug-likeness (QED) is 0.745. The van der Waals surface area contributed by atoms with Gasteiger partial charge in [0.1, 0.15) is 11.8 Å². The predicted molar refractivity (Wildman–Crippen MR) is 70.4 cm³/mol. The second-order valence-corrected chi connectivity index (χ2v) is 4.42. The number of likely N-dealkylation sites (N-methyl/N-ethyl adjacent to an activating group) is 1. The Balaban J connectivity index is 2.28. The summed E-state index contributed by atoms with van der Waals surface area (Å²) >= 11 is 0. The summed E-state index contributed by atoms with van der Waals surface area (Å²) in [6, 6.07) is 9.33. The first kappa shape index (κ1) is 14.5. The molecule has 1 N–H and O–H groups in total. The number of ether oxygens (including phenoxy) is 1. The molecule has 0 spiro atoms. The summed E-state index contributed by atoms with van der Waals surface area (Å²) < 4.78 is 5.57. The molecule has 1 aromatic carbocycles. The standard InChI is InChI=1S/C14H20N2O2/c1-12(17)11-16(2)8-5-9-18-14-7-4-3-6-13(14)10-15/h3-4,6-7,12,17H,5,8-9,11H2,1-2H3. The highest BCUT2D eigenvalue weighted by atomic mass is 16.5. The molecular weight excluding hydrogens is 228 g/mol. The number of rotatable bonds is 7. The number of nitrogens with zero attached hydrogens (tertiary/aromatic N) is 2. The van der Waals surface area contributed by atoms with E-state index in [0.717, 1.165) is 13.0 Å². The molecule has 0 saturated heterocycles. The van der Waals surface area contributed by atoms with Crippen molar-refractivity contribution in [3.05, 3.63) is 29.8 Å². The van der Waals surface area contributed by atoms with Crippen LogP contribution in [0.25, 0.3) is 0 Å². The van der Waals surface area contributed by atoms with Gasteiger partial charge in [-0.05, 0) is 32.5 Å². The summed E-state index contributed by atoms with van der Waals surface area (Å²) in [6.07, 6.45) is 0.554. The number of hydrogen-bond acceptors (Lipinski definition) is 4. The molecule has 1 aromatic rings. The molecular formula is C14H20N2O2. The molecule has 1 rings (SSSR count). The Kier molecular flexibility index (Phi) is 6.20. The van der Waals surface area contributed by atoms with E-state index in [-0.39, 0.29) is 6.10 Å². The van der Waals surface area contributed by atoms with Crippen LogP contribution in [0, 0.1) is 11.3 Å². The Labute approximate surface area is 108 Å². The van der Waals surface area contributed by atoms with E-state index in [9.17, 15) is 5.11 Å². The van der Waals surface area contributed by atoms with Crippen molar-refractivity contribution in [2.75, 3.05) is 26.7 Å². The summed E-state index contributed by atoms with van der Waals surface area (Å²) in [4.78, 5) is 2.06. The fourth-order valence-electron chi connectivity index (χ4n) is 1.74. The number of aliphatic hydroxyl groups is 1. The molecule has 0 aliphatic rings. The van der Waals surface area contributed by atoms with Crippen LogP contribution in [0.1, 0.15) is 18.9 Å². The van der Waals surface area contributed by atoms with Crippen LogP contribution in [0.15, 0.2) is 24.3 Å². The molecule has 0 aliphatic carbocycles. The van der Waals surface area contributed by atoms with Crippen LogP contribution in [0.4, 0.5) is 0 Å². The minimum Gasteiger partial charge on any atom is -0.492 e. The molecule has 0 amide bonds. The van der Waals surface area contributed by atoms with Gasteiger partial charge in [-0.2, -0.15) is 5.26 Å². The average Bonchev–Trinajstić information content (AvgIpc) is 2.34. The minimum absolute atomic E-state index is 0.310. The van der Waals surface area contributed by atoms with Gasteiger partial charge >= 0.3 is 0 Å². The van der Waals surface area contributed by atoms with Gasteiger partial charge in [0, 0.05) is 13.1 Å². The summed E-state index contributed by atoms with van der Waals surface area (Å²) in [5.41, 5.74) is 0.565. The van der Waals surface area contributed by atoms with Crippen LogP contribution in [0.3, 0.4) is 0 Å². The highest BCUT2D eigenvalue weighted by Crippen LogP contribution is 2.16. The van der Waals surface area contributed by atoms with Gasteiger partial charge in [0.2, 0.25) is 0 Å². The second-order valence-electron chi connectivity index (χ2n) is 4.42. The minimum atomic E-state index is -0.310. The lowest BCUT2D eigenvalue weighted by Gasteiger charge is -2.18. The highest BCUT2D eigenvalue weighted by Gasteiger charge is 2.04. The van der Waals surface area contributed by atoms with Crippen LogP contribution in [0.5, 0.6) is 5.75 Å². The normalized spacial score (nSPS) is 12.2. The van der Waals surface area contributed by atoms with Crippen molar-refractivity contribution in [1.29, 1.82) is 5.26 Å². The summed E-state index contributed by atoms with van der Waals surface area (Å²) in [5, 5.41) is 18.1. The predicted octanol–water partition coefficient (Wildman–Crippen LogP) is 1.64. The van der Waals surface area contributed by atoms with Gasteiger partial charge in [-0.1, -0.05) is 12.1 Å². The molecule has 0 heterocycles. The first-order chi connectivity index (χ1) is 8.63. The van der Waals surface area contributed by atoms with Gasteiger partial charge in [-0.3, -0.25) is 0 Å². The number of nitriles is 1. The van der Waals surface area contributed by atoms with E-state index in [1.165, 1.54) is 0 Å². The maximum atomic E-state index is 9.22. The second kappa shape index (κ2) is 7.70. The van der Waals surface area contributed by atoms with Gasteiger partial charge in [-0.15, -0.1) is 0 Å². The van der Waals surface area contributed by atoms with E-state index in [1.54, 1.807) is 19.1 Å². The molecule has 1 unspecified atom stereocenters. The largest absolute Gasteiger partial charge is 0.492 e. The number of benzene rings is 1.